The fourth-order valence-electron chi connectivity index (χ4n) is 3.46. The van der Waals surface area contributed by atoms with Crippen molar-refractivity contribution in [2.24, 2.45) is 11.8 Å². The Hall–Kier alpha value is -1.18. The molecule has 2 rings (SSSR count). The summed E-state index contributed by atoms with van der Waals surface area (Å²) in [5.41, 5.74) is 0. The highest BCUT2D eigenvalue weighted by Gasteiger charge is 2.26. The minimum atomic E-state index is -0.195. The Morgan fingerprint density at radius 2 is 2.11 bits per heavy atom. The lowest BCUT2D eigenvalue weighted by Crippen LogP contribution is -2.49. The fourth-order valence-corrected chi connectivity index (χ4v) is 3.46. The summed E-state index contributed by atoms with van der Waals surface area (Å²) < 4.78 is 10.8. The van der Waals surface area contributed by atoms with Crippen LogP contribution in [0, 0.1) is 11.8 Å². The number of hydrogen-bond donors (Lipinski definition) is 1. The summed E-state index contributed by atoms with van der Waals surface area (Å²) in [7, 11) is 0. The van der Waals surface area contributed by atoms with Gasteiger partial charge in [-0.05, 0) is 31.6 Å². The molecule has 1 atom stereocenters. The second-order valence-corrected chi connectivity index (χ2v) is 8.18. The number of carbonyl (C=O) groups is 2. The van der Waals surface area contributed by atoms with Crippen molar-refractivity contribution in [3.63, 3.8) is 0 Å². The van der Waals surface area contributed by atoms with Crippen molar-refractivity contribution in [1.82, 2.24) is 15.1 Å². The van der Waals surface area contributed by atoms with Crippen molar-refractivity contribution in [1.29, 1.82) is 0 Å². The van der Waals surface area contributed by atoms with Crippen molar-refractivity contribution in [2.75, 3.05) is 59.0 Å². The van der Waals surface area contributed by atoms with Crippen LogP contribution in [0.3, 0.4) is 0 Å². The molecule has 27 heavy (non-hydrogen) atoms. The highest BCUT2D eigenvalue weighted by atomic mass is 16.5. The highest BCUT2D eigenvalue weighted by molar-refractivity contribution is 5.78. The van der Waals surface area contributed by atoms with Crippen LogP contribution in [-0.2, 0) is 19.1 Å². The first-order chi connectivity index (χ1) is 13.0. The van der Waals surface area contributed by atoms with Gasteiger partial charge in [-0.25, -0.2) is 0 Å². The minimum Gasteiger partial charge on any atom is -0.466 e. The van der Waals surface area contributed by atoms with Crippen LogP contribution in [-0.4, -0.2) is 86.8 Å². The van der Waals surface area contributed by atoms with E-state index in [9.17, 15) is 9.59 Å². The Balaban J connectivity index is 1.69. The molecule has 0 aromatic heterocycles. The van der Waals surface area contributed by atoms with Gasteiger partial charge in [0.1, 0.15) is 0 Å². The number of hydrogen-bond acceptors (Lipinski definition) is 6. The third-order valence-corrected chi connectivity index (χ3v) is 4.89. The van der Waals surface area contributed by atoms with Crippen LogP contribution in [0.4, 0.5) is 0 Å². The number of rotatable bonds is 12. The second-order valence-electron chi connectivity index (χ2n) is 8.18. The van der Waals surface area contributed by atoms with Crippen molar-refractivity contribution in [3.8, 4) is 0 Å². The van der Waals surface area contributed by atoms with E-state index in [1.165, 1.54) is 12.8 Å². The van der Waals surface area contributed by atoms with Gasteiger partial charge in [-0.15, -0.1) is 0 Å². The lowest BCUT2D eigenvalue weighted by atomic mass is 10.2. The van der Waals surface area contributed by atoms with Crippen LogP contribution in [0.25, 0.3) is 0 Å². The Morgan fingerprint density at radius 1 is 1.33 bits per heavy atom. The summed E-state index contributed by atoms with van der Waals surface area (Å²) in [5, 5.41) is 3.01. The molecule has 0 bridgehead atoms. The lowest BCUT2D eigenvalue weighted by Gasteiger charge is -2.34. The highest BCUT2D eigenvalue weighted by Crippen LogP contribution is 2.29. The quantitative estimate of drug-likeness (QED) is 0.510. The van der Waals surface area contributed by atoms with Gasteiger partial charge < -0.3 is 14.8 Å². The van der Waals surface area contributed by atoms with Crippen LogP contribution >= 0.6 is 0 Å². The van der Waals surface area contributed by atoms with Gasteiger partial charge in [0.05, 0.1) is 32.3 Å². The molecule has 0 radical (unpaired) electrons. The van der Waals surface area contributed by atoms with E-state index in [2.05, 4.69) is 29.0 Å². The number of morpholine rings is 1. The molecule has 0 spiro atoms. The zero-order chi connectivity index (χ0) is 19.6. The zero-order valence-corrected chi connectivity index (χ0v) is 17.2. The number of ether oxygens (including phenoxy) is 2. The number of amides is 1. The number of nitrogens with one attached hydrogen (secondary N) is 1. The van der Waals surface area contributed by atoms with Gasteiger partial charge in [-0.3, -0.25) is 19.4 Å². The Labute approximate surface area is 163 Å². The van der Waals surface area contributed by atoms with E-state index in [0.717, 1.165) is 32.8 Å². The molecule has 0 aromatic carbocycles. The number of nitrogens with zero attached hydrogens (tertiary/aromatic N) is 2. The molecule has 1 saturated carbocycles. The van der Waals surface area contributed by atoms with Crippen LogP contribution in [0.5, 0.6) is 0 Å². The van der Waals surface area contributed by atoms with E-state index in [4.69, 9.17) is 9.47 Å². The van der Waals surface area contributed by atoms with E-state index < -0.39 is 0 Å². The maximum atomic E-state index is 12.4. The molecule has 1 heterocycles. The van der Waals surface area contributed by atoms with Gasteiger partial charge >= 0.3 is 5.97 Å². The molecule has 1 saturated heterocycles. The zero-order valence-electron chi connectivity index (χ0n) is 17.2. The summed E-state index contributed by atoms with van der Waals surface area (Å²) in [6.07, 6.45) is 2.83. The van der Waals surface area contributed by atoms with Crippen LogP contribution in [0.15, 0.2) is 0 Å². The summed E-state index contributed by atoms with van der Waals surface area (Å²) in [4.78, 5) is 28.5. The molecular formula is C20H37N3O4. The fraction of sp³-hybridized carbons (Fsp3) is 0.900. The molecule has 1 aliphatic heterocycles. The molecule has 7 nitrogen and oxygen atoms in total. The summed E-state index contributed by atoms with van der Waals surface area (Å²) in [5.74, 6) is 1.11. The second kappa shape index (κ2) is 11.6. The van der Waals surface area contributed by atoms with Crippen LogP contribution in [0.1, 0.15) is 40.0 Å². The first-order valence-electron chi connectivity index (χ1n) is 10.4. The van der Waals surface area contributed by atoms with Crippen molar-refractivity contribution in [3.05, 3.63) is 0 Å². The Bertz CT molecular complexity index is 468. The smallest absolute Gasteiger partial charge is 0.307 e. The minimum absolute atomic E-state index is 0.00379. The first kappa shape index (κ1) is 22.1. The Kier molecular flexibility index (Phi) is 9.51. The van der Waals surface area contributed by atoms with Crippen LogP contribution < -0.4 is 5.32 Å². The Morgan fingerprint density at radius 3 is 2.78 bits per heavy atom. The topological polar surface area (TPSA) is 71.1 Å². The van der Waals surface area contributed by atoms with Crippen LogP contribution in [0.2, 0.25) is 0 Å². The molecule has 1 amide bonds. The van der Waals surface area contributed by atoms with Gasteiger partial charge in [0.15, 0.2) is 0 Å². The van der Waals surface area contributed by atoms with Gasteiger partial charge in [0, 0.05) is 39.3 Å². The van der Waals surface area contributed by atoms with E-state index in [-0.39, 0.29) is 18.0 Å². The molecule has 2 aliphatic rings. The number of carbonyl (C=O) groups excluding carboxylic acids is 2. The van der Waals surface area contributed by atoms with Gasteiger partial charge in [0.25, 0.3) is 0 Å². The molecule has 1 N–H and O–H groups in total. The average molecular weight is 384 g/mol. The monoisotopic (exact) mass is 383 g/mol. The van der Waals surface area contributed by atoms with E-state index in [1.54, 1.807) is 0 Å². The third kappa shape index (κ3) is 9.53. The van der Waals surface area contributed by atoms with Crippen molar-refractivity contribution >= 4 is 11.9 Å². The molecule has 1 unspecified atom stereocenters. The predicted molar refractivity (Wildman–Crippen MR) is 104 cm³/mol. The molecular weight excluding hydrogens is 346 g/mol. The average Bonchev–Trinajstić information content (AvgIpc) is 3.42. The van der Waals surface area contributed by atoms with E-state index in [0.29, 0.717) is 44.5 Å². The molecule has 2 fully saturated rings. The summed E-state index contributed by atoms with van der Waals surface area (Å²) in [6.45, 7) is 12.6. The van der Waals surface area contributed by atoms with Crippen molar-refractivity contribution in [2.45, 2.75) is 46.1 Å². The van der Waals surface area contributed by atoms with E-state index in [1.807, 2.05) is 6.92 Å². The standard InChI is InChI=1S/C20H37N3O4/c1-4-26-20(25)7-8-22(13-17-5-6-17)15-19(24)21-11-18-14-23(9-10-27-18)12-16(2)3/h16-18H,4-15H2,1-3H3,(H,21,24). The molecule has 0 aromatic rings. The summed E-state index contributed by atoms with van der Waals surface area (Å²) >= 11 is 0. The largest absolute Gasteiger partial charge is 0.466 e. The third-order valence-electron chi connectivity index (χ3n) is 4.89. The SMILES string of the molecule is CCOC(=O)CCN(CC(=O)NCC1CN(CC(C)C)CCO1)CC1CC1. The first-order valence-corrected chi connectivity index (χ1v) is 10.4. The summed E-state index contributed by atoms with van der Waals surface area (Å²) in [6, 6.07) is 0. The molecule has 7 heteroatoms. The predicted octanol–water partition coefficient (Wildman–Crippen LogP) is 1.12. The lowest BCUT2D eigenvalue weighted by molar-refractivity contribution is -0.143. The number of esters is 1. The van der Waals surface area contributed by atoms with Crippen molar-refractivity contribution < 1.29 is 19.1 Å². The molecule has 1 aliphatic carbocycles. The maximum Gasteiger partial charge on any atom is 0.307 e. The molecule has 156 valence electrons. The van der Waals surface area contributed by atoms with Gasteiger partial charge in [-0.1, -0.05) is 13.8 Å². The maximum absolute atomic E-state index is 12.4. The van der Waals surface area contributed by atoms with Gasteiger partial charge in [0.2, 0.25) is 5.91 Å². The van der Waals surface area contributed by atoms with Gasteiger partial charge in [-0.2, -0.15) is 0 Å². The normalized spacial score (nSPS) is 20.9. The van der Waals surface area contributed by atoms with E-state index >= 15 is 0 Å².